The summed E-state index contributed by atoms with van der Waals surface area (Å²) >= 11 is 0. The fourth-order valence-electron chi connectivity index (χ4n) is 2.20. The number of rotatable bonds is 15. The fraction of sp³-hybridized carbons (Fsp3) is 1.00. The van der Waals surface area contributed by atoms with Gasteiger partial charge in [-0.1, -0.05) is 84.0 Å². The van der Waals surface area contributed by atoms with Gasteiger partial charge in [0.15, 0.2) is 0 Å². The Balaban J connectivity index is 0. The molecule has 0 saturated heterocycles. The van der Waals surface area contributed by atoms with E-state index in [2.05, 4.69) is 11.2 Å². The third kappa shape index (κ3) is 30.7. The minimum absolute atomic E-state index is 0.373. The molecule has 0 fully saturated rings. The normalized spacial score (nSPS) is 13.2. The Hall–Kier alpha value is 0.300. The number of aliphatic hydroxyl groups excluding tert-OH is 1. The summed E-state index contributed by atoms with van der Waals surface area (Å²) < 4.78 is 22.3. The van der Waals surface area contributed by atoms with E-state index in [1.165, 1.54) is 77.0 Å². The molecule has 0 bridgehead atoms. The lowest BCUT2D eigenvalue weighted by molar-refractivity contribution is 0.282. The molecule has 3 N–H and O–H groups in total. The van der Waals surface area contributed by atoms with Gasteiger partial charge in [-0.2, -0.15) is 0 Å². The summed E-state index contributed by atoms with van der Waals surface area (Å²) in [5.74, 6) is 0. The minimum atomic E-state index is -3.20. The zero-order valence-corrected chi connectivity index (χ0v) is 16.5. The second-order valence-corrected chi connectivity index (χ2v) is 7.48. The Kier molecular flexibility index (Phi) is 24.8. The summed E-state index contributed by atoms with van der Waals surface area (Å²) in [5.41, 5.74) is 0. The topological polar surface area (TPSA) is 104 Å². The molecule has 0 heterocycles. The van der Waals surface area contributed by atoms with E-state index in [0.717, 1.165) is 6.42 Å². The molecule has 0 aliphatic carbocycles. The van der Waals surface area contributed by atoms with Crippen LogP contribution in [0.1, 0.15) is 90.4 Å². The van der Waals surface area contributed by atoms with Crippen LogP contribution in [0.3, 0.4) is 0 Å². The van der Waals surface area contributed by atoms with Gasteiger partial charge in [-0.15, -0.1) is 0 Å². The number of hydrogen-bond donors (Lipinski definition) is 3. The van der Waals surface area contributed by atoms with Gasteiger partial charge in [0.2, 0.25) is 0 Å². The summed E-state index contributed by atoms with van der Waals surface area (Å²) in [5, 5.41) is 8.63. The van der Waals surface area contributed by atoms with Crippen molar-refractivity contribution in [3.8, 4) is 0 Å². The number of aliphatic hydroxyl groups is 1. The van der Waals surface area contributed by atoms with E-state index < -0.39 is 16.5 Å². The Morgan fingerprint density at radius 1 is 0.652 bits per heavy atom. The van der Waals surface area contributed by atoms with Crippen LogP contribution in [0.2, 0.25) is 0 Å². The average Bonchev–Trinajstić information content (AvgIpc) is 2.48. The van der Waals surface area contributed by atoms with E-state index in [9.17, 15) is 9.13 Å². The van der Waals surface area contributed by atoms with Gasteiger partial charge in [-0.3, -0.25) is 9.13 Å². The molecule has 0 aromatic rings. The van der Waals surface area contributed by atoms with Crippen molar-refractivity contribution in [1.29, 1.82) is 0 Å². The standard InChI is InChI=1S/C15H32O.H4O5P2/c1-2-3-4-5-6-7-8-9-10-11-12-13-14-15-16;1-6(2)5-7(3)4/h16H,2-15H2,1H3;6-7H,(H,1,2)(H,3,4). The highest BCUT2D eigenvalue weighted by Crippen LogP contribution is 2.30. The van der Waals surface area contributed by atoms with E-state index in [0.29, 0.717) is 6.61 Å². The highest BCUT2D eigenvalue weighted by atomic mass is 31.2. The zero-order chi connectivity index (χ0) is 17.8. The largest absolute Gasteiger partial charge is 0.396 e. The first-order chi connectivity index (χ1) is 11.0. The van der Waals surface area contributed by atoms with Crippen molar-refractivity contribution < 1.29 is 28.3 Å². The second kappa shape index (κ2) is 22.3. The molecule has 0 radical (unpaired) electrons. The molecule has 2 atom stereocenters. The van der Waals surface area contributed by atoms with Crippen LogP contribution in [0.4, 0.5) is 0 Å². The van der Waals surface area contributed by atoms with Crippen molar-refractivity contribution in [2.45, 2.75) is 90.4 Å². The molecule has 23 heavy (non-hydrogen) atoms. The Morgan fingerprint density at radius 3 is 1.17 bits per heavy atom. The van der Waals surface area contributed by atoms with Gasteiger partial charge in [-0.05, 0) is 6.42 Å². The van der Waals surface area contributed by atoms with Crippen LogP contribution in [0.15, 0.2) is 0 Å². The number of hydrogen-bond acceptors (Lipinski definition) is 4. The van der Waals surface area contributed by atoms with E-state index in [4.69, 9.17) is 14.9 Å². The van der Waals surface area contributed by atoms with Crippen molar-refractivity contribution in [1.82, 2.24) is 0 Å². The van der Waals surface area contributed by atoms with Gasteiger partial charge in [-0.25, -0.2) is 4.31 Å². The lowest BCUT2D eigenvalue weighted by Crippen LogP contribution is -1.84. The quantitative estimate of drug-likeness (QED) is 0.280. The molecular weight excluding hydrogens is 338 g/mol. The Morgan fingerprint density at radius 2 is 0.957 bits per heavy atom. The first-order valence-electron chi connectivity index (χ1n) is 8.79. The fourth-order valence-corrected chi connectivity index (χ4v) is 2.80. The van der Waals surface area contributed by atoms with Gasteiger partial charge < -0.3 is 14.9 Å². The molecule has 0 amide bonds. The predicted molar refractivity (Wildman–Crippen MR) is 96.3 cm³/mol. The molecule has 8 heteroatoms. The van der Waals surface area contributed by atoms with Crippen LogP contribution in [0.5, 0.6) is 0 Å². The Labute approximate surface area is 142 Å². The minimum Gasteiger partial charge on any atom is -0.396 e. The van der Waals surface area contributed by atoms with Crippen molar-refractivity contribution in [2.75, 3.05) is 6.61 Å². The summed E-state index contributed by atoms with van der Waals surface area (Å²) in [6.07, 6.45) is 17.7. The van der Waals surface area contributed by atoms with E-state index in [-0.39, 0.29) is 0 Å². The third-order valence-corrected chi connectivity index (χ3v) is 4.83. The molecule has 0 saturated carbocycles. The molecule has 0 aliphatic rings. The van der Waals surface area contributed by atoms with Crippen LogP contribution in [0.25, 0.3) is 0 Å². The molecule has 6 nitrogen and oxygen atoms in total. The maximum absolute atomic E-state index is 9.44. The first-order valence-corrected chi connectivity index (χ1v) is 11.3. The van der Waals surface area contributed by atoms with Crippen LogP contribution in [-0.4, -0.2) is 21.5 Å². The smallest absolute Gasteiger partial charge is 0.323 e. The van der Waals surface area contributed by atoms with Crippen LogP contribution < -0.4 is 0 Å². The van der Waals surface area contributed by atoms with Gasteiger partial charge in [0.25, 0.3) is 0 Å². The summed E-state index contributed by atoms with van der Waals surface area (Å²) in [7, 11) is -6.40. The molecule has 0 aromatic heterocycles. The van der Waals surface area contributed by atoms with Crippen LogP contribution in [0, 0.1) is 0 Å². The van der Waals surface area contributed by atoms with E-state index in [1.54, 1.807) is 0 Å². The van der Waals surface area contributed by atoms with Crippen molar-refractivity contribution >= 4 is 16.5 Å². The predicted octanol–water partition coefficient (Wildman–Crippen LogP) is 4.84. The van der Waals surface area contributed by atoms with Gasteiger partial charge >= 0.3 is 16.5 Å². The molecule has 2 unspecified atom stereocenters. The second-order valence-electron chi connectivity index (χ2n) is 5.60. The molecule has 0 aromatic carbocycles. The molecular formula is C15H36O6P2. The lowest BCUT2D eigenvalue weighted by atomic mass is 10.0. The summed E-state index contributed by atoms with van der Waals surface area (Å²) in [6.45, 7) is 2.65. The maximum Gasteiger partial charge on any atom is 0.323 e. The molecule has 0 spiro atoms. The van der Waals surface area contributed by atoms with Gasteiger partial charge in [0.1, 0.15) is 0 Å². The number of unbranched alkanes of at least 4 members (excludes halogenated alkanes) is 12. The maximum atomic E-state index is 9.44. The van der Waals surface area contributed by atoms with E-state index in [1.807, 2.05) is 0 Å². The summed E-state index contributed by atoms with van der Waals surface area (Å²) in [4.78, 5) is 15.4. The SMILES string of the molecule is CCCCCCCCCCCCCCCO.O=[PH](O)O[PH](=O)O. The van der Waals surface area contributed by atoms with Crippen molar-refractivity contribution in [3.05, 3.63) is 0 Å². The monoisotopic (exact) mass is 374 g/mol. The average molecular weight is 374 g/mol. The van der Waals surface area contributed by atoms with Gasteiger partial charge in [0, 0.05) is 6.61 Å². The van der Waals surface area contributed by atoms with Crippen molar-refractivity contribution in [2.24, 2.45) is 0 Å². The van der Waals surface area contributed by atoms with Crippen LogP contribution >= 0.6 is 16.5 Å². The molecule has 0 rings (SSSR count). The molecule has 0 aliphatic heterocycles. The highest BCUT2D eigenvalue weighted by molar-refractivity contribution is 7.46. The summed E-state index contributed by atoms with van der Waals surface area (Å²) in [6, 6.07) is 0. The highest BCUT2D eigenvalue weighted by Gasteiger charge is 1.93. The van der Waals surface area contributed by atoms with E-state index >= 15 is 0 Å². The first kappa shape index (κ1) is 25.5. The molecule has 142 valence electrons. The Bertz CT molecular complexity index is 251. The van der Waals surface area contributed by atoms with Crippen molar-refractivity contribution in [3.63, 3.8) is 0 Å². The third-order valence-electron chi connectivity index (χ3n) is 3.44. The van der Waals surface area contributed by atoms with Crippen LogP contribution in [-0.2, 0) is 13.4 Å². The van der Waals surface area contributed by atoms with Gasteiger partial charge in [0.05, 0.1) is 0 Å². The zero-order valence-electron chi connectivity index (χ0n) is 14.5. The lowest BCUT2D eigenvalue weighted by Gasteiger charge is -2.02.